The summed E-state index contributed by atoms with van der Waals surface area (Å²) in [5.41, 5.74) is 15.7. The van der Waals surface area contributed by atoms with E-state index in [4.69, 9.17) is 19.7 Å². The molecule has 6 heteroatoms. The smallest absolute Gasteiger partial charge is 0.164 e. The van der Waals surface area contributed by atoms with E-state index in [1.165, 1.54) is 49.6 Å². The molecule has 3 aromatic heterocycles. The van der Waals surface area contributed by atoms with Gasteiger partial charge in [0.05, 0.1) is 22.1 Å². The van der Waals surface area contributed by atoms with Gasteiger partial charge in [0.25, 0.3) is 0 Å². The van der Waals surface area contributed by atoms with Gasteiger partial charge < -0.3 is 13.9 Å². The molecule has 0 N–H and O–H groups in total. The molecule has 9 aromatic carbocycles. The summed E-state index contributed by atoms with van der Waals surface area (Å²) in [5.74, 6) is 3.93. The van der Waals surface area contributed by atoms with Crippen molar-refractivity contribution >= 4 is 49.2 Å². The van der Waals surface area contributed by atoms with E-state index in [9.17, 15) is 0 Å². The topological polar surface area (TPSA) is 57.8 Å². The van der Waals surface area contributed by atoms with Crippen LogP contribution in [0.4, 0.5) is 0 Å². The summed E-state index contributed by atoms with van der Waals surface area (Å²) < 4.78 is 11.3. The second-order valence-electron chi connectivity index (χ2n) is 17.9. The zero-order valence-electron chi connectivity index (χ0n) is 37.4. The van der Waals surface area contributed by atoms with Gasteiger partial charge >= 0.3 is 0 Å². The van der Waals surface area contributed by atoms with E-state index >= 15 is 0 Å². The molecule has 0 amide bonds. The monoisotopic (exact) mass is 883 g/mol. The predicted octanol–water partition coefficient (Wildman–Crippen LogP) is 15.6. The molecule has 69 heavy (non-hydrogen) atoms. The molecular formula is C63H41N5O. The molecule has 0 radical (unpaired) electrons. The van der Waals surface area contributed by atoms with Crippen molar-refractivity contribution in [1.82, 2.24) is 24.1 Å². The highest BCUT2D eigenvalue weighted by Gasteiger charge is 2.33. The van der Waals surface area contributed by atoms with Crippen molar-refractivity contribution in [2.75, 3.05) is 0 Å². The van der Waals surface area contributed by atoms with Crippen LogP contribution in [0.1, 0.15) is 23.5 Å². The third kappa shape index (κ3) is 6.45. The van der Waals surface area contributed by atoms with Crippen LogP contribution in [0.15, 0.2) is 236 Å². The Hall–Kier alpha value is -9.13. The highest BCUT2D eigenvalue weighted by atomic mass is 16.5. The van der Waals surface area contributed by atoms with Crippen LogP contribution in [0.2, 0.25) is 0 Å². The molecule has 1 unspecified atom stereocenters. The molecule has 1 aliphatic carbocycles. The Kier molecular flexibility index (Phi) is 8.92. The molecule has 1 atom stereocenters. The molecule has 0 bridgehead atoms. The second kappa shape index (κ2) is 15.8. The van der Waals surface area contributed by atoms with Gasteiger partial charge in [-0.2, -0.15) is 0 Å². The van der Waals surface area contributed by atoms with Gasteiger partial charge in [0.2, 0.25) is 0 Å². The fourth-order valence-corrected chi connectivity index (χ4v) is 10.7. The number of benzene rings is 9. The van der Waals surface area contributed by atoms with Gasteiger partial charge in [-0.1, -0.05) is 152 Å². The van der Waals surface area contributed by atoms with Crippen LogP contribution in [-0.2, 0) is 0 Å². The summed E-state index contributed by atoms with van der Waals surface area (Å²) >= 11 is 0. The van der Waals surface area contributed by atoms with E-state index < -0.39 is 0 Å². The minimum atomic E-state index is 0.0960. The van der Waals surface area contributed by atoms with Crippen LogP contribution >= 0.6 is 0 Å². The molecule has 12 aromatic rings. The first-order valence-corrected chi connectivity index (χ1v) is 23.5. The van der Waals surface area contributed by atoms with Crippen LogP contribution in [0.25, 0.3) is 106 Å². The first-order valence-electron chi connectivity index (χ1n) is 23.5. The molecule has 2 aliphatic rings. The SMILES string of the molecule is C1=C(c2ccc3c(c2)c2c(-c4nc(-c5ccccc5)nc(-c5ccccc5)n4)cccc2n3-c2ccccc2)CC2C(=C1)Oc1ccc(-c3ccc4c(c3)c3ccccc3n4-c3ccccc3)cc12. The number of allylic oxidation sites excluding steroid dienone is 4. The highest BCUT2D eigenvalue weighted by molar-refractivity contribution is 6.16. The Labute approximate surface area is 398 Å². The van der Waals surface area contributed by atoms with Gasteiger partial charge in [-0.25, -0.2) is 15.0 Å². The Morgan fingerprint density at radius 3 is 1.64 bits per heavy atom. The van der Waals surface area contributed by atoms with Crippen molar-refractivity contribution in [3.05, 3.63) is 247 Å². The summed E-state index contributed by atoms with van der Waals surface area (Å²) in [5, 5.41) is 4.71. The minimum absolute atomic E-state index is 0.0960. The van der Waals surface area contributed by atoms with Crippen molar-refractivity contribution < 1.29 is 4.74 Å². The number of hydrogen-bond donors (Lipinski definition) is 0. The molecule has 0 fully saturated rings. The zero-order chi connectivity index (χ0) is 45.4. The predicted molar refractivity (Wildman–Crippen MR) is 281 cm³/mol. The molecular weight excluding hydrogens is 843 g/mol. The number of ether oxygens (including phenoxy) is 1. The first-order chi connectivity index (χ1) is 34.2. The van der Waals surface area contributed by atoms with Crippen molar-refractivity contribution in [2.45, 2.75) is 12.3 Å². The molecule has 0 spiro atoms. The van der Waals surface area contributed by atoms with Gasteiger partial charge in [0, 0.05) is 61.1 Å². The van der Waals surface area contributed by atoms with Crippen molar-refractivity contribution in [3.8, 4) is 62.4 Å². The molecule has 324 valence electrons. The van der Waals surface area contributed by atoms with E-state index in [1.807, 2.05) is 36.4 Å². The van der Waals surface area contributed by atoms with Gasteiger partial charge in [-0.3, -0.25) is 0 Å². The summed E-state index contributed by atoms with van der Waals surface area (Å²) in [4.78, 5) is 15.4. The average molecular weight is 884 g/mol. The fourth-order valence-electron chi connectivity index (χ4n) is 10.7. The number of fused-ring (bicyclic) bond motifs is 9. The van der Waals surface area contributed by atoms with Crippen LogP contribution in [0.5, 0.6) is 5.75 Å². The normalized spacial score (nSPS) is 14.2. The first kappa shape index (κ1) is 39.1. The summed E-state index contributed by atoms with van der Waals surface area (Å²) in [6.45, 7) is 0. The number of aromatic nitrogens is 5. The highest BCUT2D eigenvalue weighted by Crippen LogP contribution is 2.50. The maximum Gasteiger partial charge on any atom is 0.164 e. The third-order valence-corrected chi connectivity index (χ3v) is 14.0. The van der Waals surface area contributed by atoms with Gasteiger partial charge in [-0.05, 0) is 108 Å². The maximum absolute atomic E-state index is 6.59. The lowest BCUT2D eigenvalue weighted by molar-refractivity contribution is 0.426. The summed E-state index contributed by atoms with van der Waals surface area (Å²) in [6, 6.07) is 77.3. The molecule has 14 rings (SSSR count). The number of rotatable bonds is 7. The van der Waals surface area contributed by atoms with Crippen molar-refractivity contribution in [1.29, 1.82) is 0 Å². The molecule has 0 saturated heterocycles. The van der Waals surface area contributed by atoms with Crippen LogP contribution in [-0.4, -0.2) is 24.1 Å². The van der Waals surface area contributed by atoms with Crippen molar-refractivity contribution in [2.24, 2.45) is 0 Å². The standard InChI is InChI=1S/C63H41N5O/c1-5-16-40(17-6-1)61-64-62(41-18-7-2-8-19-41)66-63(65-61)49-25-15-27-57-60(49)53-39-43(29-33-56(53)68(57)47-22-11-4-12-23-47)45-31-35-59-52(38-45)51-37-44(30-34-58(51)69-59)42-28-32-55-50(36-42)48-24-13-14-26-54(48)67(55)46-20-9-3-10-21-46/h1-37,39,52H,38H2. The van der Waals surface area contributed by atoms with Gasteiger partial charge in [0.1, 0.15) is 11.5 Å². The van der Waals surface area contributed by atoms with E-state index in [2.05, 4.69) is 203 Å². The Morgan fingerprint density at radius 2 is 0.928 bits per heavy atom. The van der Waals surface area contributed by atoms with E-state index in [-0.39, 0.29) is 5.92 Å². The van der Waals surface area contributed by atoms with Gasteiger partial charge in [0.15, 0.2) is 17.5 Å². The van der Waals surface area contributed by atoms with Crippen molar-refractivity contribution in [3.63, 3.8) is 0 Å². The van der Waals surface area contributed by atoms with Crippen LogP contribution in [0.3, 0.4) is 0 Å². The van der Waals surface area contributed by atoms with E-state index in [1.54, 1.807) is 0 Å². The van der Waals surface area contributed by atoms with E-state index in [0.29, 0.717) is 17.5 Å². The molecule has 4 heterocycles. The van der Waals surface area contributed by atoms with Gasteiger partial charge in [-0.15, -0.1) is 0 Å². The lowest BCUT2D eigenvalue weighted by Gasteiger charge is -2.19. The fraction of sp³-hybridized carbons (Fsp3) is 0.0317. The Bertz CT molecular complexity index is 4000. The molecule has 1 aliphatic heterocycles. The molecule has 6 nitrogen and oxygen atoms in total. The summed E-state index contributed by atoms with van der Waals surface area (Å²) in [7, 11) is 0. The summed E-state index contributed by atoms with van der Waals surface area (Å²) in [6.07, 6.45) is 5.24. The average Bonchev–Trinajstić information content (AvgIpc) is 4.08. The zero-order valence-corrected chi connectivity index (χ0v) is 37.4. The Balaban J connectivity index is 0.872. The quantitative estimate of drug-likeness (QED) is 0.160. The lowest BCUT2D eigenvalue weighted by atomic mass is 9.84. The second-order valence-corrected chi connectivity index (χ2v) is 17.9. The number of para-hydroxylation sites is 3. The lowest BCUT2D eigenvalue weighted by Crippen LogP contribution is -2.04. The van der Waals surface area contributed by atoms with Crippen LogP contribution in [0, 0.1) is 0 Å². The Morgan fingerprint density at radius 1 is 0.391 bits per heavy atom. The number of nitrogens with zero attached hydrogens (tertiary/aromatic N) is 5. The van der Waals surface area contributed by atoms with Crippen LogP contribution < -0.4 is 4.74 Å². The number of hydrogen-bond acceptors (Lipinski definition) is 4. The minimum Gasteiger partial charge on any atom is -0.461 e. The maximum atomic E-state index is 6.59. The van der Waals surface area contributed by atoms with E-state index in [0.717, 1.165) is 67.8 Å². The largest absolute Gasteiger partial charge is 0.461 e. The molecule has 0 saturated carbocycles. The third-order valence-electron chi connectivity index (χ3n) is 14.0.